The molecule has 1 unspecified atom stereocenters. The molecule has 2 aromatic carbocycles. The predicted octanol–water partition coefficient (Wildman–Crippen LogP) is 3.07. The highest BCUT2D eigenvalue weighted by Crippen LogP contribution is 2.26. The quantitative estimate of drug-likeness (QED) is 0.636. The van der Waals surface area contributed by atoms with E-state index in [1.165, 1.54) is 7.11 Å². The molecule has 0 fully saturated rings. The summed E-state index contributed by atoms with van der Waals surface area (Å²) in [4.78, 5) is 0. The van der Waals surface area contributed by atoms with Crippen LogP contribution < -0.4 is 20.7 Å². The molecule has 0 amide bonds. The first-order valence-electron chi connectivity index (χ1n) is 6.32. The smallest absolute Gasteiger partial charge is 0.169 e. The molecule has 1 atom stereocenters. The molecule has 21 heavy (non-hydrogen) atoms. The number of nitrogens with two attached hydrogens (primary N) is 1. The highest BCUT2D eigenvalue weighted by atomic mass is 35.5. The lowest BCUT2D eigenvalue weighted by Gasteiger charge is -2.18. The number of hydrogen-bond acceptors (Lipinski definition) is 4. The van der Waals surface area contributed by atoms with Crippen molar-refractivity contribution in [1.82, 2.24) is 5.43 Å². The second kappa shape index (κ2) is 7.26. The molecule has 0 radical (unpaired) electrons. The van der Waals surface area contributed by atoms with Crippen LogP contribution in [-0.2, 0) is 0 Å². The first kappa shape index (κ1) is 15.6. The Morgan fingerprint density at radius 3 is 2.71 bits per heavy atom. The van der Waals surface area contributed by atoms with Gasteiger partial charge in [-0.2, -0.15) is 0 Å². The van der Waals surface area contributed by atoms with Gasteiger partial charge < -0.3 is 9.47 Å². The molecular weight excluding hydrogens is 295 g/mol. The van der Waals surface area contributed by atoms with Crippen molar-refractivity contribution in [3.8, 4) is 11.5 Å². The average molecular weight is 311 g/mol. The van der Waals surface area contributed by atoms with E-state index in [2.05, 4.69) is 5.43 Å². The third-order valence-corrected chi connectivity index (χ3v) is 3.24. The van der Waals surface area contributed by atoms with Gasteiger partial charge in [0.2, 0.25) is 0 Å². The number of halogens is 2. The van der Waals surface area contributed by atoms with Crippen LogP contribution in [0.3, 0.4) is 0 Å². The monoisotopic (exact) mass is 310 g/mol. The highest BCUT2D eigenvalue weighted by Gasteiger charge is 2.18. The minimum absolute atomic E-state index is 0.154. The Balaban J connectivity index is 2.13. The minimum Gasteiger partial charge on any atom is -0.494 e. The van der Waals surface area contributed by atoms with Crippen molar-refractivity contribution in [1.29, 1.82) is 0 Å². The summed E-state index contributed by atoms with van der Waals surface area (Å²) in [6.45, 7) is 0.154. The van der Waals surface area contributed by atoms with Crippen LogP contribution in [0.4, 0.5) is 4.39 Å². The van der Waals surface area contributed by atoms with Crippen molar-refractivity contribution in [2.75, 3.05) is 13.7 Å². The van der Waals surface area contributed by atoms with Crippen LogP contribution in [0.15, 0.2) is 42.5 Å². The summed E-state index contributed by atoms with van der Waals surface area (Å²) in [5.74, 6) is 5.79. The molecule has 3 N–H and O–H groups in total. The maximum atomic E-state index is 14.2. The molecule has 0 aliphatic carbocycles. The molecule has 0 aliphatic rings. The molecular formula is C15H16ClFN2O2. The molecule has 0 aliphatic heterocycles. The van der Waals surface area contributed by atoms with Gasteiger partial charge >= 0.3 is 0 Å². The van der Waals surface area contributed by atoms with Crippen LogP contribution in [0.25, 0.3) is 0 Å². The number of hydrogen-bond donors (Lipinski definition) is 2. The van der Waals surface area contributed by atoms with Gasteiger partial charge in [-0.05, 0) is 24.3 Å². The summed E-state index contributed by atoms with van der Waals surface area (Å²) in [5, 5.41) is 0.567. The topological polar surface area (TPSA) is 56.5 Å². The normalized spacial score (nSPS) is 12.0. The average Bonchev–Trinajstić information content (AvgIpc) is 2.49. The number of methoxy groups -OCH3 is 1. The van der Waals surface area contributed by atoms with Crippen LogP contribution in [0.1, 0.15) is 11.6 Å². The third kappa shape index (κ3) is 3.85. The van der Waals surface area contributed by atoms with E-state index in [0.29, 0.717) is 16.3 Å². The van der Waals surface area contributed by atoms with Crippen molar-refractivity contribution in [3.05, 3.63) is 58.9 Å². The molecule has 0 saturated heterocycles. The first-order chi connectivity index (χ1) is 10.2. The third-order valence-electron chi connectivity index (χ3n) is 3.00. The lowest BCUT2D eigenvalue weighted by Crippen LogP contribution is -2.33. The molecule has 0 spiro atoms. The summed E-state index contributed by atoms with van der Waals surface area (Å²) in [7, 11) is 1.41. The van der Waals surface area contributed by atoms with E-state index in [0.717, 1.165) is 0 Å². The van der Waals surface area contributed by atoms with Crippen LogP contribution >= 0.6 is 11.6 Å². The Kier molecular flexibility index (Phi) is 5.38. The zero-order valence-corrected chi connectivity index (χ0v) is 12.2. The summed E-state index contributed by atoms with van der Waals surface area (Å²) in [5.41, 5.74) is 2.92. The number of ether oxygens (including phenoxy) is 2. The fraction of sp³-hybridized carbons (Fsp3) is 0.200. The van der Waals surface area contributed by atoms with Crippen LogP contribution in [0, 0.1) is 5.82 Å². The Morgan fingerprint density at radius 1 is 1.29 bits per heavy atom. The zero-order chi connectivity index (χ0) is 15.2. The summed E-state index contributed by atoms with van der Waals surface area (Å²) >= 11 is 5.88. The van der Waals surface area contributed by atoms with Crippen molar-refractivity contribution < 1.29 is 13.9 Å². The van der Waals surface area contributed by atoms with Gasteiger partial charge in [0.1, 0.15) is 12.4 Å². The molecule has 0 bridgehead atoms. The Bertz CT molecular complexity index is 610. The summed E-state index contributed by atoms with van der Waals surface area (Å²) < 4.78 is 24.7. The van der Waals surface area contributed by atoms with Gasteiger partial charge in [-0.1, -0.05) is 29.8 Å². The number of benzene rings is 2. The number of hydrazine groups is 1. The van der Waals surface area contributed by atoms with Gasteiger partial charge in [-0.25, -0.2) is 9.82 Å². The maximum Gasteiger partial charge on any atom is 0.169 e. The van der Waals surface area contributed by atoms with Gasteiger partial charge in [-0.15, -0.1) is 0 Å². The Labute approximate surface area is 127 Å². The van der Waals surface area contributed by atoms with Crippen molar-refractivity contribution in [2.24, 2.45) is 5.84 Å². The zero-order valence-electron chi connectivity index (χ0n) is 11.5. The number of rotatable bonds is 6. The summed E-state index contributed by atoms with van der Waals surface area (Å²) in [6.07, 6.45) is 0. The molecule has 0 saturated carbocycles. The van der Waals surface area contributed by atoms with E-state index in [1.54, 1.807) is 42.5 Å². The Hall–Kier alpha value is -1.82. The second-order valence-corrected chi connectivity index (χ2v) is 4.79. The highest BCUT2D eigenvalue weighted by molar-refractivity contribution is 6.30. The van der Waals surface area contributed by atoms with Gasteiger partial charge in [0.05, 0.1) is 13.2 Å². The van der Waals surface area contributed by atoms with E-state index < -0.39 is 11.9 Å². The van der Waals surface area contributed by atoms with Gasteiger partial charge in [-0.3, -0.25) is 5.84 Å². The van der Waals surface area contributed by atoms with Crippen molar-refractivity contribution in [3.63, 3.8) is 0 Å². The Morgan fingerprint density at radius 2 is 2.05 bits per heavy atom. The van der Waals surface area contributed by atoms with Crippen molar-refractivity contribution >= 4 is 11.6 Å². The van der Waals surface area contributed by atoms with Gasteiger partial charge in [0.25, 0.3) is 0 Å². The van der Waals surface area contributed by atoms with Crippen LogP contribution in [-0.4, -0.2) is 13.7 Å². The van der Waals surface area contributed by atoms with Gasteiger partial charge in [0.15, 0.2) is 11.6 Å². The van der Waals surface area contributed by atoms with E-state index in [9.17, 15) is 4.39 Å². The lowest BCUT2D eigenvalue weighted by atomic mass is 10.1. The number of nitrogens with one attached hydrogen (secondary N) is 1. The molecule has 2 rings (SSSR count). The molecule has 112 valence electrons. The van der Waals surface area contributed by atoms with Crippen LogP contribution in [0.5, 0.6) is 11.5 Å². The maximum absolute atomic E-state index is 14.2. The van der Waals surface area contributed by atoms with Crippen LogP contribution in [0.2, 0.25) is 5.02 Å². The fourth-order valence-electron chi connectivity index (χ4n) is 1.92. The molecule has 0 heterocycles. The van der Waals surface area contributed by atoms with E-state index in [-0.39, 0.29) is 12.4 Å². The minimum atomic E-state index is -0.515. The van der Waals surface area contributed by atoms with Crippen molar-refractivity contribution in [2.45, 2.75) is 6.04 Å². The van der Waals surface area contributed by atoms with Gasteiger partial charge in [0, 0.05) is 10.6 Å². The largest absolute Gasteiger partial charge is 0.494 e. The molecule has 6 heteroatoms. The van der Waals surface area contributed by atoms with E-state index >= 15 is 0 Å². The molecule has 2 aromatic rings. The SMILES string of the molecule is COc1cccc(C(COc2cccc(Cl)c2)NN)c1F. The molecule has 0 aromatic heterocycles. The van der Waals surface area contributed by atoms with E-state index in [4.69, 9.17) is 26.9 Å². The molecule has 4 nitrogen and oxygen atoms in total. The van der Waals surface area contributed by atoms with E-state index in [1.807, 2.05) is 0 Å². The lowest BCUT2D eigenvalue weighted by molar-refractivity contribution is 0.262. The predicted molar refractivity (Wildman–Crippen MR) is 80.0 cm³/mol. The standard InChI is InChI=1S/C15H16ClFN2O2/c1-20-14-7-3-6-12(15(14)17)13(19-18)9-21-11-5-2-4-10(16)8-11/h2-8,13,19H,9,18H2,1H3. The first-order valence-corrected chi connectivity index (χ1v) is 6.70. The second-order valence-electron chi connectivity index (χ2n) is 4.35. The summed E-state index contributed by atoms with van der Waals surface area (Å²) in [6, 6.07) is 11.3. The fourth-order valence-corrected chi connectivity index (χ4v) is 2.10.